The summed E-state index contributed by atoms with van der Waals surface area (Å²) in [4.78, 5) is 13.4. The molecule has 0 aliphatic carbocycles. The molecule has 0 N–H and O–H groups in total. The Morgan fingerprint density at radius 3 is 2.50 bits per heavy atom. The first-order chi connectivity index (χ1) is 7.68. The van der Waals surface area contributed by atoms with Gasteiger partial charge in [0, 0.05) is 44.1 Å². The van der Waals surface area contributed by atoms with Crippen molar-refractivity contribution in [1.82, 2.24) is 14.9 Å². The van der Waals surface area contributed by atoms with E-state index in [1.54, 1.807) is 0 Å². The molecule has 0 spiro atoms. The minimum atomic E-state index is 0.567. The van der Waals surface area contributed by atoms with Crippen molar-refractivity contribution in [3.63, 3.8) is 0 Å². The van der Waals surface area contributed by atoms with E-state index in [0.717, 1.165) is 25.6 Å². The summed E-state index contributed by atoms with van der Waals surface area (Å²) in [5.74, 6) is 0.859. The van der Waals surface area contributed by atoms with Crippen LogP contribution in [0.5, 0.6) is 0 Å². The average molecular weight is 220 g/mol. The van der Waals surface area contributed by atoms with Crippen molar-refractivity contribution >= 4 is 5.95 Å². The SMILES string of the molecule is CC(C)N1CCN(c2ncccn2)C[C@@H]1C. The Labute approximate surface area is 97.3 Å². The van der Waals surface area contributed by atoms with E-state index in [1.165, 1.54) is 0 Å². The van der Waals surface area contributed by atoms with Gasteiger partial charge in [-0.2, -0.15) is 0 Å². The Balaban J connectivity index is 2.03. The Kier molecular flexibility index (Phi) is 3.39. The fraction of sp³-hybridized carbons (Fsp3) is 0.667. The van der Waals surface area contributed by atoms with E-state index in [0.29, 0.717) is 12.1 Å². The highest BCUT2D eigenvalue weighted by Gasteiger charge is 2.26. The number of aromatic nitrogens is 2. The van der Waals surface area contributed by atoms with Crippen LogP contribution in [0.2, 0.25) is 0 Å². The largest absolute Gasteiger partial charge is 0.338 e. The lowest BCUT2D eigenvalue weighted by atomic mass is 10.1. The first kappa shape index (κ1) is 11.3. The molecule has 1 aliphatic heterocycles. The Morgan fingerprint density at radius 1 is 1.25 bits per heavy atom. The maximum absolute atomic E-state index is 4.30. The van der Waals surface area contributed by atoms with Crippen molar-refractivity contribution < 1.29 is 0 Å². The van der Waals surface area contributed by atoms with Crippen LogP contribution in [0.1, 0.15) is 20.8 Å². The Morgan fingerprint density at radius 2 is 1.94 bits per heavy atom. The van der Waals surface area contributed by atoms with Crippen molar-refractivity contribution in [2.45, 2.75) is 32.9 Å². The normalized spacial score (nSPS) is 22.8. The Bertz CT molecular complexity index is 325. The van der Waals surface area contributed by atoms with E-state index in [9.17, 15) is 0 Å². The lowest BCUT2D eigenvalue weighted by Gasteiger charge is -2.41. The summed E-state index contributed by atoms with van der Waals surface area (Å²) < 4.78 is 0. The summed E-state index contributed by atoms with van der Waals surface area (Å²) in [5, 5.41) is 0. The van der Waals surface area contributed by atoms with E-state index in [2.05, 4.69) is 40.5 Å². The molecule has 1 atom stereocenters. The smallest absolute Gasteiger partial charge is 0.225 e. The second kappa shape index (κ2) is 4.78. The molecule has 0 amide bonds. The van der Waals surface area contributed by atoms with E-state index in [-0.39, 0.29) is 0 Å². The third-order valence-electron chi connectivity index (χ3n) is 3.18. The van der Waals surface area contributed by atoms with Gasteiger partial charge in [-0.05, 0) is 26.8 Å². The molecule has 4 nitrogen and oxygen atoms in total. The van der Waals surface area contributed by atoms with Gasteiger partial charge in [-0.3, -0.25) is 4.90 Å². The fourth-order valence-electron chi connectivity index (χ4n) is 2.38. The third-order valence-corrected chi connectivity index (χ3v) is 3.18. The molecule has 2 rings (SSSR count). The molecule has 2 heterocycles. The van der Waals surface area contributed by atoms with Crippen molar-refractivity contribution in [3.8, 4) is 0 Å². The summed E-state index contributed by atoms with van der Waals surface area (Å²) in [6, 6.07) is 3.04. The molecule has 0 unspecified atom stereocenters. The zero-order valence-electron chi connectivity index (χ0n) is 10.3. The van der Waals surface area contributed by atoms with Gasteiger partial charge in [0.25, 0.3) is 0 Å². The topological polar surface area (TPSA) is 32.3 Å². The predicted octanol–water partition coefficient (Wildman–Crippen LogP) is 1.40. The molecule has 0 radical (unpaired) electrons. The zero-order chi connectivity index (χ0) is 11.5. The van der Waals surface area contributed by atoms with Gasteiger partial charge in [-0.1, -0.05) is 0 Å². The van der Waals surface area contributed by atoms with Gasteiger partial charge in [-0.25, -0.2) is 9.97 Å². The van der Waals surface area contributed by atoms with Gasteiger partial charge in [-0.15, -0.1) is 0 Å². The first-order valence-corrected chi connectivity index (χ1v) is 5.96. The number of hydrogen-bond donors (Lipinski definition) is 0. The second-order valence-electron chi connectivity index (χ2n) is 4.68. The molecular weight excluding hydrogens is 200 g/mol. The van der Waals surface area contributed by atoms with Crippen LogP contribution >= 0.6 is 0 Å². The van der Waals surface area contributed by atoms with Crippen molar-refractivity contribution in [2.75, 3.05) is 24.5 Å². The zero-order valence-corrected chi connectivity index (χ0v) is 10.3. The highest BCUT2D eigenvalue weighted by atomic mass is 15.3. The van der Waals surface area contributed by atoms with Gasteiger partial charge in [0.05, 0.1) is 0 Å². The van der Waals surface area contributed by atoms with Crippen LogP contribution in [0.15, 0.2) is 18.5 Å². The van der Waals surface area contributed by atoms with E-state index >= 15 is 0 Å². The third kappa shape index (κ3) is 2.32. The van der Waals surface area contributed by atoms with Crippen LogP contribution in [0, 0.1) is 0 Å². The molecule has 1 aromatic rings. The lowest BCUT2D eigenvalue weighted by molar-refractivity contribution is 0.147. The summed E-state index contributed by atoms with van der Waals surface area (Å²) in [5.41, 5.74) is 0. The fourth-order valence-corrected chi connectivity index (χ4v) is 2.38. The van der Waals surface area contributed by atoms with Gasteiger partial charge in [0.2, 0.25) is 5.95 Å². The van der Waals surface area contributed by atoms with Gasteiger partial charge in [0.15, 0.2) is 0 Å². The maximum Gasteiger partial charge on any atom is 0.225 e. The van der Waals surface area contributed by atoms with Gasteiger partial charge >= 0.3 is 0 Å². The number of nitrogens with zero attached hydrogens (tertiary/aromatic N) is 4. The molecule has 0 aromatic carbocycles. The van der Waals surface area contributed by atoms with E-state index in [1.807, 2.05) is 18.5 Å². The van der Waals surface area contributed by atoms with E-state index in [4.69, 9.17) is 0 Å². The number of rotatable bonds is 2. The molecule has 0 saturated carbocycles. The van der Waals surface area contributed by atoms with Crippen LogP contribution in [-0.2, 0) is 0 Å². The van der Waals surface area contributed by atoms with Crippen LogP contribution in [0.4, 0.5) is 5.95 Å². The molecule has 1 saturated heterocycles. The maximum atomic E-state index is 4.30. The second-order valence-corrected chi connectivity index (χ2v) is 4.68. The quantitative estimate of drug-likeness (QED) is 0.754. The lowest BCUT2D eigenvalue weighted by Crippen LogP contribution is -2.54. The van der Waals surface area contributed by atoms with Gasteiger partial charge < -0.3 is 4.90 Å². The molecule has 1 aromatic heterocycles. The summed E-state index contributed by atoms with van der Waals surface area (Å²) >= 11 is 0. The number of anilines is 1. The minimum absolute atomic E-state index is 0.567. The summed E-state index contributed by atoms with van der Waals surface area (Å²) in [6.45, 7) is 9.91. The van der Waals surface area contributed by atoms with Crippen molar-refractivity contribution in [3.05, 3.63) is 18.5 Å². The van der Waals surface area contributed by atoms with Gasteiger partial charge in [0.1, 0.15) is 0 Å². The van der Waals surface area contributed by atoms with Crippen molar-refractivity contribution in [1.29, 1.82) is 0 Å². The molecular formula is C12H20N4. The van der Waals surface area contributed by atoms with E-state index < -0.39 is 0 Å². The first-order valence-electron chi connectivity index (χ1n) is 5.96. The molecule has 88 valence electrons. The Hall–Kier alpha value is -1.16. The highest BCUT2D eigenvalue weighted by Crippen LogP contribution is 2.16. The monoisotopic (exact) mass is 220 g/mol. The standard InChI is InChI=1S/C12H20N4/c1-10(2)16-8-7-15(9-11(16)3)12-13-5-4-6-14-12/h4-6,10-11H,7-9H2,1-3H3/t11-/m0/s1. The van der Waals surface area contributed by atoms with Crippen LogP contribution in [-0.4, -0.2) is 46.6 Å². The molecule has 1 aliphatic rings. The molecule has 1 fully saturated rings. The summed E-state index contributed by atoms with van der Waals surface area (Å²) in [7, 11) is 0. The highest BCUT2D eigenvalue weighted by molar-refractivity contribution is 5.29. The minimum Gasteiger partial charge on any atom is -0.338 e. The number of piperazine rings is 1. The predicted molar refractivity (Wildman–Crippen MR) is 65.5 cm³/mol. The van der Waals surface area contributed by atoms with Crippen LogP contribution < -0.4 is 4.90 Å². The molecule has 4 heteroatoms. The van der Waals surface area contributed by atoms with Crippen LogP contribution in [0.3, 0.4) is 0 Å². The number of hydrogen-bond acceptors (Lipinski definition) is 4. The van der Waals surface area contributed by atoms with Crippen molar-refractivity contribution in [2.24, 2.45) is 0 Å². The van der Waals surface area contributed by atoms with Crippen LogP contribution in [0.25, 0.3) is 0 Å². The summed E-state index contributed by atoms with van der Waals surface area (Å²) in [6.07, 6.45) is 3.61. The molecule has 0 bridgehead atoms. The average Bonchev–Trinajstić information content (AvgIpc) is 2.29. The molecule has 16 heavy (non-hydrogen) atoms.